The van der Waals surface area contributed by atoms with Gasteiger partial charge >= 0.3 is 0 Å². The van der Waals surface area contributed by atoms with Crippen LogP contribution >= 0.6 is 11.6 Å². The first-order chi connectivity index (χ1) is 9.65. The van der Waals surface area contributed by atoms with Crippen molar-refractivity contribution in [3.8, 4) is 0 Å². The van der Waals surface area contributed by atoms with Crippen LogP contribution in [0.3, 0.4) is 0 Å². The fraction of sp³-hybridized carbons (Fsp3) is 0.429. The maximum Gasteiger partial charge on any atom is 0.260 e. The van der Waals surface area contributed by atoms with Crippen LogP contribution in [0, 0.1) is 0 Å². The van der Waals surface area contributed by atoms with E-state index in [-0.39, 0.29) is 24.4 Å². The van der Waals surface area contributed by atoms with E-state index in [0.717, 1.165) is 12.8 Å². The van der Waals surface area contributed by atoms with E-state index in [1.165, 1.54) is 12.8 Å². The van der Waals surface area contributed by atoms with Gasteiger partial charge in [-0.05, 0) is 25.0 Å². The predicted octanol–water partition coefficient (Wildman–Crippen LogP) is 2.04. The highest BCUT2D eigenvalue weighted by atomic mass is 35.5. The van der Waals surface area contributed by atoms with Gasteiger partial charge in [0.05, 0.1) is 0 Å². The third kappa shape index (κ3) is 4.42. The number of carbonyl (C=O) groups is 1. The van der Waals surface area contributed by atoms with E-state index >= 15 is 0 Å². The van der Waals surface area contributed by atoms with Gasteiger partial charge in [-0.3, -0.25) is 4.79 Å². The zero-order valence-electron chi connectivity index (χ0n) is 11.1. The fourth-order valence-corrected chi connectivity index (χ4v) is 2.39. The van der Waals surface area contributed by atoms with Crippen molar-refractivity contribution >= 4 is 23.3 Å². The van der Waals surface area contributed by atoms with Crippen LogP contribution in [-0.2, 0) is 9.63 Å². The predicted molar refractivity (Wildman–Crippen MR) is 78.5 cm³/mol. The van der Waals surface area contributed by atoms with Crippen LogP contribution in [-0.4, -0.2) is 24.4 Å². The summed E-state index contributed by atoms with van der Waals surface area (Å²) in [6, 6.07) is 7.25. The molecule has 1 saturated carbocycles. The number of hydrogen-bond acceptors (Lipinski definition) is 3. The molecule has 1 aliphatic rings. The summed E-state index contributed by atoms with van der Waals surface area (Å²) >= 11 is 5.85. The first kappa shape index (κ1) is 14.7. The van der Waals surface area contributed by atoms with Gasteiger partial charge < -0.3 is 15.9 Å². The third-order valence-corrected chi connectivity index (χ3v) is 3.43. The lowest BCUT2D eigenvalue weighted by Crippen LogP contribution is -2.35. The summed E-state index contributed by atoms with van der Waals surface area (Å²) in [5, 5.41) is 7.20. The molecule has 0 heterocycles. The van der Waals surface area contributed by atoms with Crippen LogP contribution < -0.4 is 11.1 Å². The van der Waals surface area contributed by atoms with E-state index in [0.29, 0.717) is 10.6 Å². The molecule has 108 valence electrons. The molecule has 1 aromatic carbocycles. The van der Waals surface area contributed by atoms with Crippen molar-refractivity contribution in [3.63, 3.8) is 0 Å². The van der Waals surface area contributed by atoms with Crippen molar-refractivity contribution in [1.82, 2.24) is 5.32 Å². The summed E-state index contributed by atoms with van der Waals surface area (Å²) in [6.45, 7) is -0.127. The van der Waals surface area contributed by atoms with E-state index < -0.39 is 0 Å². The van der Waals surface area contributed by atoms with E-state index in [4.69, 9.17) is 22.2 Å². The van der Waals surface area contributed by atoms with Crippen LogP contribution in [0.4, 0.5) is 0 Å². The summed E-state index contributed by atoms with van der Waals surface area (Å²) in [6.07, 6.45) is 4.43. The van der Waals surface area contributed by atoms with Gasteiger partial charge in [-0.25, -0.2) is 0 Å². The summed E-state index contributed by atoms with van der Waals surface area (Å²) in [5.74, 6) is 0.0284. The SMILES string of the molecule is N/C(=N\OCC(=O)NC1CCCC1)c1cccc(Cl)c1. The molecule has 1 fully saturated rings. The molecule has 6 heteroatoms. The molecule has 0 aromatic heterocycles. The molecule has 1 aromatic rings. The van der Waals surface area contributed by atoms with Crippen LogP contribution in [0.5, 0.6) is 0 Å². The lowest BCUT2D eigenvalue weighted by molar-refractivity contribution is -0.126. The second-order valence-electron chi connectivity index (χ2n) is 4.81. The Balaban J connectivity index is 1.78. The van der Waals surface area contributed by atoms with Crippen LogP contribution in [0.1, 0.15) is 31.2 Å². The topological polar surface area (TPSA) is 76.7 Å². The number of nitrogens with zero attached hydrogens (tertiary/aromatic N) is 1. The molecule has 1 aliphatic carbocycles. The largest absolute Gasteiger partial charge is 0.384 e. The van der Waals surface area contributed by atoms with E-state index in [1.54, 1.807) is 24.3 Å². The Kier molecular flexibility index (Phi) is 5.24. The number of hydrogen-bond donors (Lipinski definition) is 2. The van der Waals surface area contributed by atoms with Gasteiger partial charge in [0.2, 0.25) is 0 Å². The molecular formula is C14H18ClN3O2. The van der Waals surface area contributed by atoms with Gasteiger partial charge in [0.1, 0.15) is 0 Å². The molecule has 20 heavy (non-hydrogen) atoms. The van der Waals surface area contributed by atoms with Crippen LogP contribution in [0.25, 0.3) is 0 Å². The number of carbonyl (C=O) groups excluding carboxylic acids is 1. The minimum Gasteiger partial charge on any atom is -0.384 e. The first-order valence-corrected chi connectivity index (χ1v) is 7.03. The highest BCUT2D eigenvalue weighted by Crippen LogP contribution is 2.17. The van der Waals surface area contributed by atoms with Crippen molar-refractivity contribution in [1.29, 1.82) is 0 Å². The Hall–Kier alpha value is -1.75. The Morgan fingerprint density at radius 1 is 1.45 bits per heavy atom. The number of nitrogens with one attached hydrogen (secondary N) is 1. The Bertz CT molecular complexity index is 499. The molecule has 0 aliphatic heterocycles. The Labute approximate surface area is 123 Å². The zero-order valence-corrected chi connectivity index (χ0v) is 11.9. The van der Waals surface area contributed by atoms with E-state index in [1.807, 2.05) is 0 Å². The number of benzene rings is 1. The second-order valence-corrected chi connectivity index (χ2v) is 5.25. The fourth-order valence-electron chi connectivity index (χ4n) is 2.20. The first-order valence-electron chi connectivity index (χ1n) is 6.66. The standard InChI is InChI=1S/C14H18ClN3O2/c15-11-5-3-4-10(8-11)14(16)18-20-9-13(19)17-12-6-1-2-7-12/h3-5,8,12H,1-2,6-7,9H2,(H2,16,18)(H,17,19). The van der Waals surface area contributed by atoms with Gasteiger partial charge in [0, 0.05) is 16.6 Å². The number of nitrogens with two attached hydrogens (primary N) is 1. The van der Waals surface area contributed by atoms with Crippen molar-refractivity contribution in [2.75, 3.05) is 6.61 Å². The lowest BCUT2D eigenvalue weighted by Gasteiger charge is -2.10. The van der Waals surface area contributed by atoms with Crippen LogP contribution in [0.15, 0.2) is 29.4 Å². The van der Waals surface area contributed by atoms with Gasteiger partial charge in [0.25, 0.3) is 5.91 Å². The Morgan fingerprint density at radius 2 is 2.20 bits per heavy atom. The average Bonchev–Trinajstić information content (AvgIpc) is 2.91. The monoisotopic (exact) mass is 295 g/mol. The molecule has 0 bridgehead atoms. The zero-order chi connectivity index (χ0) is 14.4. The number of amides is 1. The highest BCUT2D eigenvalue weighted by Gasteiger charge is 2.17. The summed E-state index contributed by atoms with van der Waals surface area (Å²) < 4.78 is 0. The Morgan fingerprint density at radius 3 is 2.90 bits per heavy atom. The van der Waals surface area contributed by atoms with Crippen molar-refractivity contribution in [2.24, 2.45) is 10.9 Å². The van der Waals surface area contributed by atoms with Gasteiger partial charge in [-0.2, -0.15) is 0 Å². The third-order valence-electron chi connectivity index (χ3n) is 3.20. The molecule has 0 atom stereocenters. The molecule has 0 radical (unpaired) electrons. The summed E-state index contributed by atoms with van der Waals surface area (Å²) in [5.41, 5.74) is 6.41. The van der Waals surface area contributed by atoms with Gasteiger partial charge in [-0.1, -0.05) is 41.7 Å². The number of amidine groups is 1. The molecule has 0 saturated heterocycles. The molecule has 2 rings (SSSR count). The second kappa shape index (κ2) is 7.14. The molecule has 1 amide bonds. The van der Waals surface area contributed by atoms with Gasteiger partial charge in [0.15, 0.2) is 12.4 Å². The minimum atomic E-state index is -0.167. The maximum absolute atomic E-state index is 11.6. The maximum atomic E-state index is 11.6. The molecule has 3 N–H and O–H groups in total. The quantitative estimate of drug-likeness (QED) is 0.496. The normalized spacial score (nSPS) is 16.1. The van der Waals surface area contributed by atoms with Gasteiger partial charge in [-0.15, -0.1) is 0 Å². The molecule has 5 nitrogen and oxygen atoms in total. The summed E-state index contributed by atoms with van der Waals surface area (Å²) in [7, 11) is 0. The minimum absolute atomic E-state index is 0.127. The molecular weight excluding hydrogens is 278 g/mol. The number of rotatable bonds is 5. The van der Waals surface area contributed by atoms with Crippen LogP contribution in [0.2, 0.25) is 5.02 Å². The van der Waals surface area contributed by atoms with Crippen molar-refractivity contribution < 1.29 is 9.63 Å². The number of oxime groups is 1. The molecule has 0 spiro atoms. The smallest absolute Gasteiger partial charge is 0.260 e. The van der Waals surface area contributed by atoms with E-state index in [9.17, 15) is 4.79 Å². The van der Waals surface area contributed by atoms with Crippen molar-refractivity contribution in [3.05, 3.63) is 34.9 Å². The molecule has 0 unspecified atom stereocenters. The van der Waals surface area contributed by atoms with Crippen molar-refractivity contribution in [2.45, 2.75) is 31.7 Å². The van der Waals surface area contributed by atoms with E-state index in [2.05, 4.69) is 10.5 Å². The highest BCUT2D eigenvalue weighted by molar-refractivity contribution is 6.31. The summed E-state index contributed by atoms with van der Waals surface area (Å²) in [4.78, 5) is 16.6. The number of halogens is 1. The lowest BCUT2D eigenvalue weighted by atomic mass is 10.2. The average molecular weight is 296 g/mol.